The van der Waals surface area contributed by atoms with Gasteiger partial charge in [0.25, 0.3) is 5.69 Å². The highest BCUT2D eigenvalue weighted by Crippen LogP contribution is 2.50. The maximum atomic E-state index is 13.4. The zero-order valence-electron chi connectivity index (χ0n) is 19.0. The fraction of sp³-hybridized carbons (Fsp3) is 0.154. The molecule has 4 rings (SSSR count). The Morgan fingerprint density at radius 3 is 2.51 bits per heavy atom. The number of hydrogen-bond acceptors (Lipinski definition) is 7. The van der Waals surface area contributed by atoms with E-state index in [0.717, 1.165) is 16.1 Å². The number of hydrogen-bond donors (Lipinski definition) is 1. The first-order valence-electron chi connectivity index (χ1n) is 10.7. The summed E-state index contributed by atoms with van der Waals surface area (Å²) in [6.45, 7) is 7.27. The summed E-state index contributed by atoms with van der Waals surface area (Å²) in [5, 5.41) is 15.5. The summed E-state index contributed by atoms with van der Waals surface area (Å²) in [6.07, 6.45) is 1.50. The van der Waals surface area contributed by atoms with Crippen LogP contribution in [0.3, 0.4) is 0 Å². The second-order valence-corrected chi connectivity index (χ2v) is 9.37. The zero-order chi connectivity index (χ0) is 25.3. The number of halogens is 1. The van der Waals surface area contributed by atoms with E-state index in [1.54, 1.807) is 13.0 Å². The Hall–Kier alpha value is -3.75. The number of thiophene rings is 1. The number of nitrogens with zero attached hydrogens (tertiary/aromatic N) is 1. The van der Waals surface area contributed by atoms with E-state index in [1.165, 1.54) is 41.7 Å². The zero-order valence-corrected chi connectivity index (χ0v) is 20.5. The largest absolute Gasteiger partial charge is 0.458 e. The predicted octanol–water partition coefficient (Wildman–Crippen LogP) is 6.41. The molecule has 1 unspecified atom stereocenters. The Morgan fingerprint density at radius 2 is 1.89 bits per heavy atom. The van der Waals surface area contributed by atoms with E-state index in [2.05, 4.69) is 11.9 Å². The number of non-ortho nitro benzene ring substituents is 1. The standard InChI is InChI=1S/C26H21ClN2O5S/c1-4-13-34-26(31)21-15(3)28-25-20(22(21)18-7-5-6-8-19(18)27)14(2)24(35-25)23(30)16-9-11-17(12-10-16)29(32)33/h4-12,22,28H,1,13H2,2-3H3. The quantitative estimate of drug-likeness (QED) is 0.130. The lowest BCUT2D eigenvalue weighted by Crippen LogP contribution is -2.24. The number of fused-ring (bicyclic) bond motifs is 1. The molecule has 2 heterocycles. The summed E-state index contributed by atoms with van der Waals surface area (Å²) < 4.78 is 5.39. The summed E-state index contributed by atoms with van der Waals surface area (Å²) >= 11 is 7.85. The predicted molar refractivity (Wildman–Crippen MR) is 136 cm³/mol. The van der Waals surface area contributed by atoms with Crippen molar-refractivity contribution in [2.24, 2.45) is 0 Å². The third kappa shape index (κ3) is 4.50. The van der Waals surface area contributed by atoms with Gasteiger partial charge in [0, 0.05) is 39.9 Å². The van der Waals surface area contributed by atoms with E-state index < -0.39 is 16.8 Å². The van der Waals surface area contributed by atoms with E-state index in [-0.39, 0.29) is 18.1 Å². The third-order valence-corrected chi connectivity index (χ3v) is 7.36. The number of benzene rings is 2. The van der Waals surface area contributed by atoms with Gasteiger partial charge in [-0.05, 0) is 43.2 Å². The van der Waals surface area contributed by atoms with Gasteiger partial charge >= 0.3 is 5.97 Å². The van der Waals surface area contributed by atoms with Crippen molar-refractivity contribution >= 4 is 45.4 Å². The number of ketones is 1. The molecular weight excluding hydrogens is 488 g/mol. The molecule has 9 heteroatoms. The molecule has 1 aliphatic rings. The van der Waals surface area contributed by atoms with Gasteiger partial charge in [-0.1, -0.05) is 42.5 Å². The van der Waals surface area contributed by atoms with Crippen LogP contribution in [0.2, 0.25) is 5.02 Å². The number of ether oxygens (including phenoxy) is 1. The van der Waals surface area contributed by atoms with Crippen LogP contribution in [0.15, 0.2) is 72.5 Å². The summed E-state index contributed by atoms with van der Waals surface area (Å²) in [4.78, 5) is 37.4. The Kier molecular flexibility index (Phi) is 6.86. The molecule has 0 radical (unpaired) electrons. The first-order chi connectivity index (χ1) is 16.7. The first kappa shape index (κ1) is 24.4. The maximum absolute atomic E-state index is 13.4. The van der Waals surface area contributed by atoms with Crippen molar-refractivity contribution in [2.45, 2.75) is 19.8 Å². The Bertz CT molecular complexity index is 1390. The molecule has 1 aliphatic heterocycles. The number of nitro benzene ring substituents is 1. The highest BCUT2D eigenvalue weighted by molar-refractivity contribution is 7.18. The molecule has 0 saturated heterocycles. The molecular formula is C26H21ClN2O5S. The molecule has 0 bridgehead atoms. The smallest absolute Gasteiger partial charge is 0.337 e. The van der Waals surface area contributed by atoms with Crippen LogP contribution >= 0.6 is 22.9 Å². The molecule has 0 fully saturated rings. The number of rotatable bonds is 7. The van der Waals surface area contributed by atoms with E-state index in [9.17, 15) is 19.7 Å². The number of anilines is 1. The Balaban J connectivity index is 1.84. The van der Waals surface area contributed by atoms with Crippen LogP contribution in [0, 0.1) is 17.0 Å². The van der Waals surface area contributed by atoms with Crippen LogP contribution in [-0.4, -0.2) is 23.3 Å². The highest BCUT2D eigenvalue weighted by Gasteiger charge is 2.38. The van der Waals surface area contributed by atoms with Gasteiger partial charge in [0.05, 0.1) is 20.4 Å². The van der Waals surface area contributed by atoms with E-state index in [0.29, 0.717) is 32.3 Å². The van der Waals surface area contributed by atoms with Gasteiger partial charge in [0.1, 0.15) is 6.61 Å². The molecule has 0 spiro atoms. The van der Waals surface area contributed by atoms with Crippen molar-refractivity contribution in [3.8, 4) is 0 Å². The van der Waals surface area contributed by atoms with Crippen molar-refractivity contribution in [2.75, 3.05) is 11.9 Å². The lowest BCUT2D eigenvalue weighted by atomic mass is 9.80. The van der Waals surface area contributed by atoms with Crippen LogP contribution in [0.4, 0.5) is 10.7 Å². The number of nitro groups is 1. The fourth-order valence-electron chi connectivity index (χ4n) is 4.15. The van der Waals surface area contributed by atoms with Crippen molar-refractivity contribution in [3.05, 3.63) is 115 Å². The summed E-state index contributed by atoms with van der Waals surface area (Å²) in [7, 11) is 0. The topological polar surface area (TPSA) is 98.5 Å². The van der Waals surface area contributed by atoms with E-state index in [4.69, 9.17) is 16.3 Å². The van der Waals surface area contributed by atoms with Crippen LogP contribution in [0.5, 0.6) is 0 Å². The average molecular weight is 509 g/mol. The molecule has 0 amide bonds. The lowest BCUT2D eigenvalue weighted by Gasteiger charge is -2.29. The molecule has 35 heavy (non-hydrogen) atoms. The van der Waals surface area contributed by atoms with Crippen LogP contribution in [0.25, 0.3) is 0 Å². The first-order valence-corrected chi connectivity index (χ1v) is 11.9. The lowest BCUT2D eigenvalue weighted by molar-refractivity contribution is -0.384. The van der Waals surface area contributed by atoms with Gasteiger partial charge in [0.15, 0.2) is 0 Å². The summed E-state index contributed by atoms with van der Waals surface area (Å²) in [5.74, 6) is -1.31. The van der Waals surface area contributed by atoms with Crippen molar-refractivity contribution in [3.63, 3.8) is 0 Å². The average Bonchev–Trinajstić information content (AvgIpc) is 3.17. The van der Waals surface area contributed by atoms with Crippen LogP contribution in [0.1, 0.15) is 44.8 Å². The SMILES string of the molecule is C=CCOC(=O)C1=C(C)Nc2sc(C(=O)c3ccc([N+](=O)[O-])cc3)c(C)c2C1c1ccccc1Cl. The van der Waals surface area contributed by atoms with Gasteiger partial charge in [-0.15, -0.1) is 11.3 Å². The maximum Gasteiger partial charge on any atom is 0.337 e. The van der Waals surface area contributed by atoms with Crippen LogP contribution < -0.4 is 5.32 Å². The molecule has 1 N–H and O–H groups in total. The number of carbonyl (C=O) groups is 2. The molecule has 2 aromatic carbocycles. The van der Waals surface area contributed by atoms with E-state index in [1.807, 2.05) is 25.1 Å². The minimum Gasteiger partial charge on any atom is -0.458 e. The molecule has 178 valence electrons. The molecule has 7 nitrogen and oxygen atoms in total. The molecule has 0 aliphatic carbocycles. The molecule has 1 atom stereocenters. The minimum absolute atomic E-state index is 0.0597. The minimum atomic E-state index is -0.549. The number of esters is 1. The van der Waals surface area contributed by atoms with Crippen molar-refractivity contribution < 1.29 is 19.2 Å². The van der Waals surface area contributed by atoms with Gasteiger partial charge in [-0.2, -0.15) is 0 Å². The Morgan fingerprint density at radius 1 is 1.20 bits per heavy atom. The number of nitrogens with one attached hydrogen (secondary N) is 1. The Labute approximate surface area is 210 Å². The number of allylic oxidation sites excluding steroid dienone is 1. The van der Waals surface area contributed by atoms with Gasteiger partial charge < -0.3 is 10.1 Å². The highest BCUT2D eigenvalue weighted by atomic mass is 35.5. The molecule has 1 aromatic heterocycles. The normalized spacial score (nSPS) is 14.7. The van der Waals surface area contributed by atoms with Gasteiger partial charge in [0.2, 0.25) is 5.78 Å². The van der Waals surface area contributed by atoms with Gasteiger partial charge in [-0.25, -0.2) is 4.79 Å². The second kappa shape index (κ2) is 9.85. The molecule has 0 saturated carbocycles. The number of carbonyl (C=O) groups excluding carboxylic acids is 2. The summed E-state index contributed by atoms with van der Waals surface area (Å²) in [6, 6.07) is 12.8. The van der Waals surface area contributed by atoms with Crippen molar-refractivity contribution in [1.82, 2.24) is 0 Å². The monoisotopic (exact) mass is 508 g/mol. The summed E-state index contributed by atoms with van der Waals surface area (Å²) in [5.41, 5.74) is 3.44. The van der Waals surface area contributed by atoms with Gasteiger partial charge in [-0.3, -0.25) is 14.9 Å². The molecule has 3 aromatic rings. The van der Waals surface area contributed by atoms with Crippen LogP contribution in [-0.2, 0) is 9.53 Å². The van der Waals surface area contributed by atoms with Crippen molar-refractivity contribution in [1.29, 1.82) is 0 Å². The van der Waals surface area contributed by atoms with E-state index >= 15 is 0 Å². The fourth-order valence-corrected chi connectivity index (χ4v) is 5.66. The third-order valence-electron chi connectivity index (χ3n) is 5.79. The second-order valence-electron chi connectivity index (χ2n) is 7.94.